The summed E-state index contributed by atoms with van der Waals surface area (Å²) < 4.78 is 1.73. The molecule has 1 aromatic heterocycles. The van der Waals surface area contributed by atoms with Gasteiger partial charge in [0, 0.05) is 23.3 Å². The number of nitrogens with zero attached hydrogens (tertiary/aromatic N) is 2. The van der Waals surface area contributed by atoms with Crippen LogP contribution in [0.4, 0.5) is 0 Å². The smallest absolute Gasteiger partial charge is 0.196 e. The zero-order valence-corrected chi connectivity index (χ0v) is 12.2. The second kappa shape index (κ2) is 5.67. The number of thioether (sulfide) groups is 2. The van der Waals surface area contributed by atoms with Crippen molar-refractivity contribution in [1.82, 2.24) is 9.78 Å². The number of carbonyl (C=O) groups excluding carboxylic acids is 1. The van der Waals surface area contributed by atoms with Crippen molar-refractivity contribution in [2.24, 2.45) is 0 Å². The van der Waals surface area contributed by atoms with E-state index in [1.54, 1.807) is 22.6 Å². The van der Waals surface area contributed by atoms with Crippen molar-refractivity contribution in [3.05, 3.63) is 16.9 Å². The summed E-state index contributed by atoms with van der Waals surface area (Å²) in [5.74, 6) is 3.17. The van der Waals surface area contributed by atoms with E-state index in [9.17, 15) is 4.79 Å². The molecule has 3 nitrogen and oxygen atoms in total. The van der Waals surface area contributed by atoms with Crippen LogP contribution in [-0.2, 0) is 0 Å². The quantitative estimate of drug-likeness (QED) is 0.801. The Labute approximate surface area is 115 Å². The lowest BCUT2D eigenvalue weighted by Gasteiger charge is -2.21. The Kier molecular flexibility index (Phi) is 4.44. The minimum absolute atomic E-state index is 0.0282. The van der Waals surface area contributed by atoms with Crippen LogP contribution >= 0.6 is 35.1 Å². The predicted octanol–water partition coefficient (Wildman–Crippen LogP) is 3.15. The molecule has 0 saturated carbocycles. The van der Waals surface area contributed by atoms with Crippen LogP contribution in [0.1, 0.15) is 30.4 Å². The largest absolute Gasteiger partial charge is 0.291 e. The zero-order valence-electron chi connectivity index (χ0n) is 9.85. The molecule has 0 bridgehead atoms. The highest BCUT2D eigenvalue weighted by molar-refractivity contribution is 8.07. The summed E-state index contributed by atoms with van der Waals surface area (Å²) in [7, 11) is 0. The lowest BCUT2D eigenvalue weighted by atomic mass is 10.2. The maximum Gasteiger partial charge on any atom is 0.196 e. The van der Waals surface area contributed by atoms with Gasteiger partial charge < -0.3 is 0 Å². The molecule has 94 valence electrons. The summed E-state index contributed by atoms with van der Waals surface area (Å²) in [6, 6.07) is 0.155. The van der Waals surface area contributed by atoms with E-state index in [2.05, 4.69) is 5.10 Å². The Balaban J connectivity index is 2.26. The van der Waals surface area contributed by atoms with Gasteiger partial charge in [-0.15, -0.1) is 11.8 Å². The number of ketones is 1. The van der Waals surface area contributed by atoms with E-state index in [1.807, 2.05) is 25.6 Å². The molecule has 17 heavy (non-hydrogen) atoms. The number of aromatic nitrogens is 2. The molecule has 0 radical (unpaired) electrons. The van der Waals surface area contributed by atoms with Crippen molar-refractivity contribution in [3.8, 4) is 0 Å². The zero-order chi connectivity index (χ0) is 12.4. The minimum atomic E-state index is 0.0282. The van der Waals surface area contributed by atoms with Crippen molar-refractivity contribution in [2.45, 2.75) is 25.1 Å². The summed E-state index contributed by atoms with van der Waals surface area (Å²) in [5, 5.41) is 4.68. The fraction of sp³-hybridized carbons (Fsp3) is 0.636. The van der Waals surface area contributed by atoms with Crippen LogP contribution in [-0.4, -0.2) is 38.1 Å². The molecule has 1 atom stereocenters. The van der Waals surface area contributed by atoms with E-state index in [0.717, 1.165) is 17.3 Å². The first-order valence-electron chi connectivity index (χ1n) is 5.58. The summed E-state index contributed by atoms with van der Waals surface area (Å²) >= 11 is 9.65. The van der Waals surface area contributed by atoms with Crippen LogP contribution in [0.5, 0.6) is 0 Å². The monoisotopic (exact) mass is 290 g/mol. The topological polar surface area (TPSA) is 34.9 Å². The van der Waals surface area contributed by atoms with E-state index in [1.165, 1.54) is 0 Å². The van der Waals surface area contributed by atoms with Crippen molar-refractivity contribution in [2.75, 3.05) is 17.3 Å². The average Bonchev–Trinajstić information content (AvgIpc) is 2.71. The summed E-state index contributed by atoms with van der Waals surface area (Å²) in [5.41, 5.74) is 0.571. The van der Waals surface area contributed by atoms with Gasteiger partial charge in [-0.25, -0.2) is 0 Å². The standard InChI is InChI=1S/C11H15ClN2OS2/c1-7(2)14-10(8(12)5-13-14)11(15)9-6-16-3-4-17-9/h5,7,9H,3-4,6H2,1-2H3. The van der Waals surface area contributed by atoms with Gasteiger partial charge in [0.1, 0.15) is 5.69 Å². The molecule has 0 spiro atoms. The first-order valence-corrected chi connectivity index (χ1v) is 8.16. The van der Waals surface area contributed by atoms with E-state index in [-0.39, 0.29) is 17.1 Å². The second-order valence-electron chi connectivity index (χ2n) is 4.18. The first-order chi connectivity index (χ1) is 8.11. The van der Waals surface area contributed by atoms with Gasteiger partial charge in [0.15, 0.2) is 5.78 Å². The molecule has 2 rings (SSSR count). The van der Waals surface area contributed by atoms with Crippen molar-refractivity contribution in [1.29, 1.82) is 0 Å². The number of carbonyl (C=O) groups is 1. The summed E-state index contributed by atoms with van der Waals surface area (Å²) in [6.45, 7) is 4.01. The van der Waals surface area contributed by atoms with Gasteiger partial charge >= 0.3 is 0 Å². The molecule has 1 aliphatic heterocycles. The number of hydrogen-bond acceptors (Lipinski definition) is 4. The number of halogens is 1. The van der Waals surface area contributed by atoms with Gasteiger partial charge in [-0.3, -0.25) is 9.48 Å². The average molecular weight is 291 g/mol. The van der Waals surface area contributed by atoms with Gasteiger partial charge in [0.05, 0.1) is 16.5 Å². The van der Waals surface area contributed by atoms with E-state index < -0.39 is 0 Å². The Bertz CT molecular complexity index is 414. The molecule has 1 aromatic rings. The maximum absolute atomic E-state index is 12.4. The van der Waals surface area contributed by atoms with E-state index in [0.29, 0.717) is 10.7 Å². The summed E-state index contributed by atoms with van der Waals surface area (Å²) in [6.07, 6.45) is 1.56. The number of rotatable bonds is 3. The van der Waals surface area contributed by atoms with Gasteiger partial charge in [0.2, 0.25) is 0 Å². The normalized spacial score (nSPS) is 20.8. The summed E-state index contributed by atoms with van der Waals surface area (Å²) in [4.78, 5) is 12.4. The molecule has 2 heterocycles. The van der Waals surface area contributed by atoms with Crippen molar-refractivity contribution in [3.63, 3.8) is 0 Å². The Hall–Kier alpha value is -0.130. The molecule has 1 aliphatic rings. The molecule has 1 saturated heterocycles. The van der Waals surface area contributed by atoms with Crippen LogP contribution in [0.2, 0.25) is 5.02 Å². The van der Waals surface area contributed by atoms with Crippen LogP contribution in [0.15, 0.2) is 6.20 Å². The number of hydrogen-bond donors (Lipinski definition) is 0. The number of Topliss-reactive ketones (excluding diaryl/α,β-unsaturated/α-hetero) is 1. The van der Waals surface area contributed by atoms with Crippen molar-refractivity contribution >= 4 is 40.9 Å². The molecular weight excluding hydrogens is 276 g/mol. The first kappa shape index (κ1) is 13.3. The predicted molar refractivity (Wildman–Crippen MR) is 75.5 cm³/mol. The third-order valence-electron chi connectivity index (χ3n) is 2.58. The highest BCUT2D eigenvalue weighted by Gasteiger charge is 2.28. The van der Waals surface area contributed by atoms with Crippen LogP contribution in [0.3, 0.4) is 0 Å². The lowest BCUT2D eigenvalue weighted by Crippen LogP contribution is -2.27. The van der Waals surface area contributed by atoms with E-state index >= 15 is 0 Å². The highest BCUT2D eigenvalue weighted by atomic mass is 35.5. The Morgan fingerprint density at radius 2 is 2.35 bits per heavy atom. The maximum atomic E-state index is 12.4. The van der Waals surface area contributed by atoms with Gasteiger partial charge in [-0.05, 0) is 13.8 Å². The molecule has 1 fully saturated rings. The Morgan fingerprint density at radius 3 is 2.94 bits per heavy atom. The van der Waals surface area contributed by atoms with Gasteiger partial charge in [-0.1, -0.05) is 11.6 Å². The fourth-order valence-corrected chi connectivity index (χ4v) is 4.59. The molecule has 1 unspecified atom stereocenters. The van der Waals surface area contributed by atoms with Gasteiger partial charge in [-0.2, -0.15) is 16.9 Å². The second-order valence-corrected chi connectivity index (χ2v) is 7.05. The molecule has 6 heteroatoms. The molecular formula is C11H15ClN2OS2. The lowest BCUT2D eigenvalue weighted by molar-refractivity contribution is 0.0983. The highest BCUT2D eigenvalue weighted by Crippen LogP contribution is 2.29. The third-order valence-corrected chi connectivity index (χ3v) is 5.61. The molecule has 0 N–H and O–H groups in total. The third kappa shape index (κ3) is 2.83. The Morgan fingerprint density at radius 1 is 1.59 bits per heavy atom. The molecule has 0 aliphatic carbocycles. The minimum Gasteiger partial charge on any atom is -0.291 e. The fourth-order valence-electron chi connectivity index (χ4n) is 1.75. The SMILES string of the molecule is CC(C)n1ncc(Cl)c1C(=O)C1CSCCS1. The van der Waals surface area contributed by atoms with Crippen molar-refractivity contribution < 1.29 is 4.79 Å². The van der Waals surface area contributed by atoms with Crippen LogP contribution < -0.4 is 0 Å². The van der Waals surface area contributed by atoms with Crippen LogP contribution in [0.25, 0.3) is 0 Å². The molecule has 0 amide bonds. The van der Waals surface area contributed by atoms with E-state index in [4.69, 9.17) is 11.6 Å². The van der Waals surface area contributed by atoms with Crippen LogP contribution in [0, 0.1) is 0 Å². The molecule has 0 aromatic carbocycles. The van der Waals surface area contributed by atoms with Gasteiger partial charge in [0.25, 0.3) is 0 Å².